The minimum atomic E-state index is -3.67. The minimum absolute atomic E-state index is 0.0502. The van der Waals surface area contributed by atoms with Crippen LogP contribution in [0.3, 0.4) is 0 Å². The zero-order valence-corrected chi connectivity index (χ0v) is 20.6. The van der Waals surface area contributed by atoms with Gasteiger partial charge in [-0.05, 0) is 29.7 Å². The van der Waals surface area contributed by atoms with Gasteiger partial charge >= 0.3 is 0 Å². The third kappa shape index (κ3) is 5.37. The van der Waals surface area contributed by atoms with Gasteiger partial charge in [0.25, 0.3) is 0 Å². The first-order chi connectivity index (χ1) is 17.0. The highest BCUT2D eigenvalue weighted by atomic mass is 32.2. The Hall–Kier alpha value is -2.88. The fourth-order valence-corrected chi connectivity index (χ4v) is 6.13. The molecule has 0 aromatic heterocycles. The summed E-state index contributed by atoms with van der Waals surface area (Å²) in [6.07, 6.45) is 3.87. The Morgan fingerprint density at radius 2 is 1.63 bits per heavy atom. The molecule has 0 atom stereocenters. The molecule has 0 spiro atoms. The Bertz CT molecular complexity index is 1190. The summed E-state index contributed by atoms with van der Waals surface area (Å²) >= 11 is 0. The van der Waals surface area contributed by atoms with Crippen LogP contribution in [0.15, 0.2) is 59.5 Å². The van der Waals surface area contributed by atoms with Crippen molar-refractivity contribution >= 4 is 21.5 Å². The van der Waals surface area contributed by atoms with Gasteiger partial charge in [-0.2, -0.15) is 4.31 Å². The molecule has 2 aromatic carbocycles. The van der Waals surface area contributed by atoms with Gasteiger partial charge in [-0.25, -0.2) is 8.42 Å². The molecule has 35 heavy (non-hydrogen) atoms. The molecule has 1 fully saturated rings. The van der Waals surface area contributed by atoms with Crippen LogP contribution in [-0.4, -0.2) is 87.5 Å². The van der Waals surface area contributed by atoms with Crippen LogP contribution in [0, 0.1) is 0 Å². The Kier molecular flexibility index (Phi) is 7.08. The number of amides is 1. The molecule has 9 heteroatoms. The van der Waals surface area contributed by atoms with Crippen LogP contribution in [0.25, 0.3) is 5.57 Å². The van der Waals surface area contributed by atoms with Crippen molar-refractivity contribution < 1.29 is 22.7 Å². The average Bonchev–Trinajstić information content (AvgIpc) is 3.15. The van der Waals surface area contributed by atoms with Crippen molar-refractivity contribution in [3.8, 4) is 11.5 Å². The number of carbonyl (C=O) groups is 1. The molecule has 1 saturated heterocycles. The maximum absolute atomic E-state index is 13.2. The number of nitrogens with zero attached hydrogens (tertiary/aromatic N) is 3. The van der Waals surface area contributed by atoms with Crippen LogP contribution >= 0.6 is 0 Å². The summed E-state index contributed by atoms with van der Waals surface area (Å²) in [4.78, 5) is 17.0. The number of sulfonamides is 1. The summed E-state index contributed by atoms with van der Waals surface area (Å²) in [7, 11) is -3.67. The molecule has 186 valence electrons. The quantitative estimate of drug-likeness (QED) is 0.632. The Morgan fingerprint density at radius 3 is 2.34 bits per heavy atom. The van der Waals surface area contributed by atoms with Crippen molar-refractivity contribution in [1.29, 1.82) is 0 Å². The molecule has 3 aliphatic rings. The van der Waals surface area contributed by atoms with Crippen LogP contribution < -0.4 is 9.47 Å². The zero-order chi connectivity index (χ0) is 24.3. The predicted octanol–water partition coefficient (Wildman–Crippen LogP) is 2.47. The molecule has 1 amide bonds. The smallest absolute Gasteiger partial charge is 0.243 e. The topological polar surface area (TPSA) is 79.4 Å². The fraction of sp³-hybridized carbons (Fsp3) is 0.423. The standard InChI is InChI=1S/C26H31N3O5S/c30-26(20-27-11-9-22(10-12-27)21-5-2-1-3-6-21)28-13-15-29(16-14-28)35(31,32)23-7-8-24-25(19-23)34-18-4-17-33-24/h1-3,5-9,19H,4,10-18,20H2. The molecule has 0 unspecified atom stereocenters. The van der Waals surface area contributed by atoms with Crippen LogP contribution in [0.5, 0.6) is 11.5 Å². The van der Waals surface area contributed by atoms with Gasteiger partial charge in [0.2, 0.25) is 15.9 Å². The van der Waals surface area contributed by atoms with E-state index in [0.717, 1.165) is 25.9 Å². The molecule has 0 bridgehead atoms. The number of fused-ring (bicyclic) bond motifs is 1. The molecule has 3 heterocycles. The number of hydrogen-bond acceptors (Lipinski definition) is 6. The second-order valence-electron chi connectivity index (χ2n) is 9.02. The number of carbonyl (C=O) groups excluding carboxylic acids is 1. The molecular weight excluding hydrogens is 466 g/mol. The number of piperazine rings is 1. The second-order valence-corrected chi connectivity index (χ2v) is 11.0. The Labute approximate surface area is 206 Å². The van der Waals surface area contributed by atoms with Gasteiger partial charge in [-0.3, -0.25) is 9.69 Å². The molecule has 3 aliphatic heterocycles. The lowest BCUT2D eigenvalue weighted by Gasteiger charge is -2.35. The average molecular weight is 498 g/mol. The summed E-state index contributed by atoms with van der Waals surface area (Å²) in [6, 6.07) is 15.1. The molecule has 0 radical (unpaired) electrons. The Morgan fingerprint density at radius 1 is 0.886 bits per heavy atom. The van der Waals surface area contributed by atoms with Crippen molar-refractivity contribution in [2.75, 3.05) is 59.0 Å². The number of ether oxygens (including phenoxy) is 2. The van der Waals surface area contributed by atoms with Crippen molar-refractivity contribution in [1.82, 2.24) is 14.1 Å². The van der Waals surface area contributed by atoms with Gasteiger partial charge in [0.1, 0.15) is 0 Å². The van der Waals surface area contributed by atoms with Crippen molar-refractivity contribution in [3.63, 3.8) is 0 Å². The van der Waals surface area contributed by atoms with Gasteiger partial charge in [0, 0.05) is 51.8 Å². The molecule has 8 nitrogen and oxygen atoms in total. The molecular formula is C26H31N3O5S. The first-order valence-corrected chi connectivity index (χ1v) is 13.6. The van der Waals surface area contributed by atoms with E-state index in [2.05, 4.69) is 23.1 Å². The minimum Gasteiger partial charge on any atom is -0.490 e. The Balaban J connectivity index is 1.15. The summed E-state index contributed by atoms with van der Waals surface area (Å²) in [5.41, 5.74) is 2.56. The van der Waals surface area contributed by atoms with Gasteiger partial charge in [0.15, 0.2) is 11.5 Å². The van der Waals surface area contributed by atoms with E-state index in [4.69, 9.17) is 9.47 Å². The number of hydrogen-bond donors (Lipinski definition) is 0. The van der Waals surface area contributed by atoms with Crippen LogP contribution in [0.2, 0.25) is 0 Å². The fourth-order valence-electron chi connectivity index (χ4n) is 4.69. The lowest BCUT2D eigenvalue weighted by Crippen LogP contribution is -2.52. The van der Waals surface area contributed by atoms with E-state index in [1.807, 2.05) is 18.2 Å². The number of rotatable bonds is 5. The highest BCUT2D eigenvalue weighted by Gasteiger charge is 2.31. The van der Waals surface area contributed by atoms with E-state index in [-0.39, 0.29) is 23.9 Å². The van der Waals surface area contributed by atoms with Crippen molar-refractivity contribution in [3.05, 3.63) is 60.2 Å². The summed E-state index contributed by atoms with van der Waals surface area (Å²) < 4.78 is 39.1. The van der Waals surface area contributed by atoms with E-state index in [1.54, 1.807) is 23.1 Å². The molecule has 2 aromatic rings. The molecule has 0 N–H and O–H groups in total. The van der Waals surface area contributed by atoms with E-state index >= 15 is 0 Å². The molecule has 0 aliphatic carbocycles. The molecule has 0 saturated carbocycles. The second kappa shape index (κ2) is 10.4. The maximum atomic E-state index is 13.2. The van der Waals surface area contributed by atoms with Crippen LogP contribution in [0.4, 0.5) is 0 Å². The number of benzene rings is 2. The van der Waals surface area contributed by atoms with Gasteiger partial charge in [-0.1, -0.05) is 36.4 Å². The van der Waals surface area contributed by atoms with Crippen molar-refractivity contribution in [2.45, 2.75) is 17.7 Å². The largest absolute Gasteiger partial charge is 0.490 e. The predicted molar refractivity (Wildman–Crippen MR) is 133 cm³/mol. The summed E-state index contributed by atoms with van der Waals surface area (Å²) in [6.45, 7) is 4.33. The monoisotopic (exact) mass is 497 g/mol. The lowest BCUT2D eigenvalue weighted by atomic mass is 9.99. The van der Waals surface area contributed by atoms with E-state index in [1.165, 1.54) is 15.4 Å². The highest BCUT2D eigenvalue weighted by Crippen LogP contribution is 2.33. The van der Waals surface area contributed by atoms with E-state index < -0.39 is 10.0 Å². The van der Waals surface area contributed by atoms with Gasteiger partial charge in [0.05, 0.1) is 24.7 Å². The van der Waals surface area contributed by atoms with E-state index in [9.17, 15) is 13.2 Å². The highest BCUT2D eigenvalue weighted by molar-refractivity contribution is 7.89. The summed E-state index contributed by atoms with van der Waals surface area (Å²) in [5, 5.41) is 0. The van der Waals surface area contributed by atoms with Gasteiger partial charge < -0.3 is 14.4 Å². The third-order valence-electron chi connectivity index (χ3n) is 6.74. The van der Waals surface area contributed by atoms with Crippen LogP contribution in [-0.2, 0) is 14.8 Å². The van der Waals surface area contributed by atoms with Gasteiger partial charge in [-0.15, -0.1) is 0 Å². The van der Waals surface area contributed by atoms with Crippen LogP contribution in [0.1, 0.15) is 18.4 Å². The first-order valence-electron chi connectivity index (χ1n) is 12.1. The maximum Gasteiger partial charge on any atom is 0.243 e. The van der Waals surface area contributed by atoms with Crippen molar-refractivity contribution in [2.24, 2.45) is 0 Å². The molecule has 5 rings (SSSR count). The SMILES string of the molecule is O=C(CN1CC=C(c2ccccc2)CC1)N1CCN(S(=O)(=O)c2ccc3c(c2)OCCCO3)CC1. The summed E-state index contributed by atoms with van der Waals surface area (Å²) in [5.74, 6) is 1.08. The first kappa shape index (κ1) is 23.8. The zero-order valence-electron chi connectivity index (χ0n) is 19.8. The van der Waals surface area contributed by atoms with E-state index in [0.29, 0.717) is 44.3 Å². The normalized spacial score (nSPS) is 19.7. The lowest BCUT2D eigenvalue weighted by molar-refractivity contribution is -0.133. The third-order valence-corrected chi connectivity index (χ3v) is 8.64.